The van der Waals surface area contributed by atoms with Gasteiger partial charge in [0.1, 0.15) is 0 Å². The van der Waals surface area contributed by atoms with E-state index in [1.165, 1.54) is 6.08 Å². The Morgan fingerprint density at radius 1 is 1.54 bits per heavy atom. The summed E-state index contributed by atoms with van der Waals surface area (Å²) in [5, 5.41) is 0. The number of carbonyl (C=O) groups excluding carboxylic acids is 1. The largest absolute Gasteiger partial charge is 0.235 e. The van der Waals surface area contributed by atoms with Crippen LogP contribution in [0.2, 0.25) is 0 Å². The van der Waals surface area contributed by atoms with Gasteiger partial charge >= 0.3 is 0 Å². The van der Waals surface area contributed by atoms with Crippen molar-refractivity contribution in [2.75, 3.05) is 6.54 Å². The van der Waals surface area contributed by atoms with Crippen LogP contribution in [0.3, 0.4) is 0 Å². The fourth-order valence-corrected chi connectivity index (χ4v) is 1.18. The van der Waals surface area contributed by atoms with Crippen LogP contribution in [0.4, 0.5) is 0 Å². The summed E-state index contributed by atoms with van der Waals surface area (Å²) in [4.78, 5) is 13.4. The van der Waals surface area contributed by atoms with Crippen molar-refractivity contribution < 1.29 is 4.79 Å². The molecule has 1 aromatic rings. The molecule has 0 spiro atoms. The molecule has 0 saturated heterocycles. The third kappa shape index (κ3) is 2.39. The van der Waals surface area contributed by atoms with Gasteiger partial charge in [-0.25, -0.2) is 9.79 Å². The molecule has 0 fully saturated rings. The Labute approximate surface area is 77.6 Å². The van der Waals surface area contributed by atoms with Crippen molar-refractivity contribution in [3.8, 4) is 0 Å². The maximum atomic E-state index is 9.89. The zero-order valence-corrected chi connectivity index (χ0v) is 7.58. The molecule has 0 aliphatic carbocycles. The monoisotopic (exact) mass is 173 g/mol. The highest BCUT2D eigenvalue weighted by Gasteiger charge is 1.99. The normalized spacial score (nSPS) is 9.00. The Morgan fingerprint density at radius 2 is 2.23 bits per heavy atom. The van der Waals surface area contributed by atoms with E-state index >= 15 is 0 Å². The van der Waals surface area contributed by atoms with E-state index in [2.05, 4.69) is 11.6 Å². The molecule has 2 nitrogen and oxygen atoms in total. The fourth-order valence-electron chi connectivity index (χ4n) is 1.18. The minimum atomic E-state index is 0.328. The first-order chi connectivity index (χ1) is 6.25. The molecular formula is C11H11NO. The summed E-state index contributed by atoms with van der Waals surface area (Å²) in [5.41, 5.74) is 3.05. The molecule has 66 valence electrons. The molecule has 0 radical (unpaired) electrons. The van der Waals surface area contributed by atoms with E-state index in [0.717, 1.165) is 16.7 Å². The predicted molar refractivity (Wildman–Crippen MR) is 53.2 cm³/mol. The molecule has 0 unspecified atom stereocenters. The number of nitrogens with zero attached hydrogens (tertiary/aromatic N) is 1. The maximum Gasteiger partial charge on any atom is 0.235 e. The highest BCUT2D eigenvalue weighted by molar-refractivity contribution is 5.68. The molecule has 0 N–H and O–H groups in total. The zero-order chi connectivity index (χ0) is 9.68. The van der Waals surface area contributed by atoms with Crippen LogP contribution in [-0.2, 0) is 4.79 Å². The Hall–Kier alpha value is -1.66. The Bertz CT molecular complexity index is 362. The van der Waals surface area contributed by atoms with Crippen molar-refractivity contribution in [1.29, 1.82) is 0 Å². The molecule has 2 heteroatoms. The molecule has 1 rings (SSSR count). The SMILES string of the molecule is C=C(CN=C=O)c1ccccc1C. The molecule has 0 amide bonds. The minimum Gasteiger partial charge on any atom is -0.211 e. The van der Waals surface area contributed by atoms with Crippen LogP contribution in [0.1, 0.15) is 11.1 Å². The Morgan fingerprint density at radius 3 is 2.85 bits per heavy atom. The smallest absolute Gasteiger partial charge is 0.211 e. The van der Waals surface area contributed by atoms with Crippen LogP contribution in [0.5, 0.6) is 0 Å². The number of hydrogen-bond donors (Lipinski definition) is 0. The van der Waals surface area contributed by atoms with Gasteiger partial charge in [0.05, 0.1) is 6.54 Å². The van der Waals surface area contributed by atoms with Crippen molar-refractivity contribution in [1.82, 2.24) is 0 Å². The van der Waals surface area contributed by atoms with E-state index in [1.54, 1.807) is 0 Å². The first kappa shape index (κ1) is 9.43. The second-order valence-corrected chi connectivity index (χ2v) is 2.83. The van der Waals surface area contributed by atoms with Gasteiger partial charge in [0.15, 0.2) is 0 Å². The van der Waals surface area contributed by atoms with Crippen LogP contribution < -0.4 is 0 Å². The topological polar surface area (TPSA) is 29.4 Å². The number of benzene rings is 1. The van der Waals surface area contributed by atoms with Crippen molar-refractivity contribution in [2.45, 2.75) is 6.92 Å². The van der Waals surface area contributed by atoms with Crippen LogP contribution >= 0.6 is 0 Å². The number of aliphatic imine (C=N–C) groups is 1. The Balaban J connectivity index is 2.88. The van der Waals surface area contributed by atoms with Gasteiger partial charge in [-0.15, -0.1) is 0 Å². The van der Waals surface area contributed by atoms with Gasteiger partial charge in [-0.2, -0.15) is 0 Å². The van der Waals surface area contributed by atoms with Crippen LogP contribution in [0, 0.1) is 6.92 Å². The molecule has 0 saturated carbocycles. The van der Waals surface area contributed by atoms with E-state index in [0.29, 0.717) is 6.54 Å². The average molecular weight is 173 g/mol. The van der Waals surface area contributed by atoms with E-state index in [4.69, 9.17) is 0 Å². The van der Waals surface area contributed by atoms with Crippen molar-refractivity contribution in [3.63, 3.8) is 0 Å². The van der Waals surface area contributed by atoms with Gasteiger partial charge in [0.25, 0.3) is 0 Å². The lowest BCUT2D eigenvalue weighted by atomic mass is 10.0. The van der Waals surface area contributed by atoms with Gasteiger partial charge in [-0.1, -0.05) is 30.8 Å². The van der Waals surface area contributed by atoms with Crippen molar-refractivity contribution in [3.05, 3.63) is 42.0 Å². The minimum absolute atomic E-state index is 0.328. The first-order valence-electron chi connectivity index (χ1n) is 4.03. The quantitative estimate of drug-likeness (QED) is 0.509. The fraction of sp³-hybridized carbons (Fsp3) is 0.182. The second kappa shape index (κ2) is 4.39. The van der Waals surface area contributed by atoms with E-state index in [9.17, 15) is 4.79 Å². The maximum absolute atomic E-state index is 9.89. The van der Waals surface area contributed by atoms with Crippen molar-refractivity contribution in [2.24, 2.45) is 4.99 Å². The molecule has 0 aromatic heterocycles. The Kier molecular flexibility index (Phi) is 3.18. The average Bonchev–Trinajstić information content (AvgIpc) is 2.15. The van der Waals surface area contributed by atoms with Crippen molar-refractivity contribution >= 4 is 11.7 Å². The first-order valence-corrected chi connectivity index (χ1v) is 4.03. The molecular weight excluding hydrogens is 162 g/mol. The zero-order valence-electron chi connectivity index (χ0n) is 7.58. The van der Waals surface area contributed by atoms with Gasteiger partial charge in [-0.3, -0.25) is 0 Å². The van der Waals surface area contributed by atoms with Gasteiger partial charge < -0.3 is 0 Å². The van der Waals surface area contributed by atoms with E-state index < -0.39 is 0 Å². The summed E-state index contributed by atoms with van der Waals surface area (Å²) in [5.74, 6) is 0. The van der Waals surface area contributed by atoms with Gasteiger partial charge in [-0.05, 0) is 23.6 Å². The predicted octanol–water partition coefficient (Wildman–Crippen LogP) is 2.34. The standard InChI is InChI=1S/C11H11NO/c1-9-5-3-4-6-11(9)10(2)7-12-8-13/h3-6H,2,7H2,1H3. The summed E-state index contributed by atoms with van der Waals surface area (Å²) < 4.78 is 0. The third-order valence-corrected chi connectivity index (χ3v) is 1.86. The van der Waals surface area contributed by atoms with Crippen LogP contribution in [0.25, 0.3) is 5.57 Å². The summed E-state index contributed by atoms with van der Waals surface area (Å²) >= 11 is 0. The lowest BCUT2D eigenvalue weighted by molar-refractivity contribution is 0.564. The van der Waals surface area contributed by atoms with Crippen LogP contribution in [-0.4, -0.2) is 12.6 Å². The number of isocyanates is 1. The molecule has 0 heterocycles. The number of aryl methyl sites for hydroxylation is 1. The van der Waals surface area contributed by atoms with Gasteiger partial charge in [0.2, 0.25) is 6.08 Å². The molecule has 13 heavy (non-hydrogen) atoms. The number of rotatable bonds is 3. The van der Waals surface area contributed by atoms with Crippen LogP contribution in [0.15, 0.2) is 35.8 Å². The lowest BCUT2D eigenvalue weighted by Crippen LogP contribution is -1.90. The lowest BCUT2D eigenvalue weighted by Gasteiger charge is -2.04. The van der Waals surface area contributed by atoms with E-state index in [1.807, 2.05) is 31.2 Å². The summed E-state index contributed by atoms with van der Waals surface area (Å²) in [6.45, 7) is 6.18. The summed E-state index contributed by atoms with van der Waals surface area (Å²) in [6.07, 6.45) is 1.50. The highest BCUT2D eigenvalue weighted by Crippen LogP contribution is 2.16. The summed E-state index contributed by atoms with van der Waals surface area (Å²) in [6, 6.07) is 7.89. The molecule has 1 aromatic carbocycles. The third-order valence-electron chi connectivity index (χ3n) is 1.86. The number of hydrogen-bond acceptors (Lipinski definition) is 2. The van der Waals surface area contributed by atoms with E-state index in [-0.39, 0.29) is 0 Å². The highest BCUT2D eigenvalue weighted by atomic mass is 16.1. The molecule has 0 aliphatic rings. The summed E-state index contributed by atoms with van der Waals surface area (Å²) in [7, 11) is 0. The molecule has 0 aliphatic heterocycles. The molecule has 0 atom stereocenters. The van der Waals surface area contributed by atoms with Gasteiger partial charge in [0, 0.05) is 0 Å². The molecule has 0 bridgehead atoms. The second-order valence-electron chi connectivity index (χ2n) is 2.83.